The molecule has 0 spiro atoms. The zero-order valence-electron chi connectivity index (χ0n) is 27.6. The number of aromatic nitrogens is 2. The van der Waals surface area contributed by atoms with Crippen LogP contribution in [0.2, 0.25) is 0 Å². The summed E-state index contributed by atoms with van der Waals surface area (Å²) in [6.07, 6.45) is 0. The van der Waals surface area contributed by atoms with E-state index in [1.54, 1.807) is 0 Å². The summed E-state index contributed by atoms with van der Waals surface area (Å²) in [6.45, 7) is 4.71. The van der Waals surface area contributed by atoms with Crippen LogP contribution in [-0.4, -0.2) is 9.97 Å². The molecule has 7 aromatic carbocycles. The standard InChI is InChI=1S/C47H34N2/c1-47(2)41-22-12-21-39(45(41)40-28-36-17-9-10-18-37(36)29-42(40)47)38-20-11-19-35(27-38)31-23-25-34(26-24-31)46-48-43(32-13-5-3-6-14-32)30-44(49-46)33-15-7-4-8-16-33/h3-30H,1-2H3. The van der Waals surface area contributed by atoms with Gasteiger partial charge in [0, 0.05) is 22.1 Å². The van der Waals surface area contributed by atoms with E-state index in [2.05, 4.69) is 147 Å². The quantitative estimate of drug-likeness (QED) is 0.190. The number of hydrogen-bond acceptors (Lipinski definition) is 2. The van der Waals surface area contributed by atoms with Crippen molar-refractivity contribution in [2.45, 2.75) is 19.3 Å². The van der Waals surface area contributed by atoms with E-state index in [1.165, 1.54) is 49.7 Å². The van der Waals surface area contributed by atoms with E-state index in [1.807, 2.05) is 36.4 Å². The van der Waals surface area contributed by atoms with Gasteiger partial charge in [0.15, 0.2) is 5.82 Å². The van der Waals surface area contributed by atoms with Gasteiger partial charge in [0.25, 0.3) is 0 Å². The maximum absolute atomic E-state index is 5.03. The van der Waals surface area contributed by atoms with Gasteiger partial charge in [-0.15, -0.1) is 0 Å². The van der Waals surface area contributed by atoms with Crippen LogP contribution in [0.3, 0.4) is 0 Å². The molecule has 0 atom stereocenters. The highest BCUT2D eigenvalue weighted by Crippen LogP contribution is 2.53. The van der Waals surface area contributed by atoms with Crippen molar-refractivity contribution in [2.24, 2.45) is 0 Å². The molecule has 1 aliphatic carbocycles. The SMILES string of the molecule is CC1(C)c2cc3ccccc3cc2-c2c(-c3cccc(-c4ccc(-c5nc(-c6ccccc6)cc(-c6ccccc6)n5)cc4)c3)cccc21. The van der Waals surface area contributed by atoms with Crippen LogP contribution in [0.1, 0.15) is 25.0 Å². The maximum Gasteiger partial charge on any atom is 0.160 e. The largest absolute Gasteiger partial charge is 0.228 e. The van der Waals surface area contributed by atoms with E-state index in [-0.39, 0.29) is 5.41 Å². The van der Waals surface area contributed by atoms with E-state index in [4.69, 9.17) is 9.97 Å². The summed E-state index contributed by atoms with van der Waals surface area (Å²) < 4.78 is 0. The summed E-state index contributed by atoms with van der Waals surface area (Å²) in [4.78, 5) is 10.1. The number of benzene rings is 7. The first kappa shape index (κ1) is 29.1. The van der Waals surface area contributed by atoms with E-state index in [0.29, 0.717) is 5.82 Å². The van der Waals surface area contributed by atoms with Crippen molar-refractivity contribution < 1.29 is 0 Å². The molecule has 2 nitrogen and oxygen atoms in total. The van der Waals surface area contributed by atoms with E-state index < -0.39 is 0 Å². The van der Waals surface area contributed by atoms with Gasteiger partial charge >= 0.3 is 0 Å². The van der Waals surface area contributed by atoms with Crippen LogP contribution in [0.4, 0.5) is 0 Å². The Balaban J connectivity index is 1.10. The van der Waals surface area contributed by atoms with Gasteiger partial charge in [0.1, 0.15) is 0 Å². The van der Waals surface area contributed by atoms with Gasteiger partial charge < -0.3 is 0 Å². The third-order valence-electron chi connectivity index (χ3n) is 10.1. The summed E-state index contributed by atoms with van der Waals surface area (Å²) in [7, 11) is 0. The molecule has 0 N–H and O–H groups in total. The summed E-state index contributed by atoms with van der Waals surface area (Å²) in [5.41, 5.74) is 15.2. The Hall–Kier alpha value is -6.12. The zero-order valence-corrected chi connectivity index (χ0v) is 27.6. The predicted octanol–water partition coefficient (Wildman–Crippen LogP) is 12.3. The minimum atomic E-state index is -0.0710. The molecule has 0 fully saturated rings. The molecular formula is C47H34N2. The van der Waals surface area contributed by atoms with Gasteiger partial charge in [0.2, 0.25) is 0 Å². The Morgan fingerprint density at radius 1 is 0.367 bits per heavy atom. The highest BCUT2D eigenvalue weighted by atomic mass is 14.9. The van der Waals surface area contributed by atoms with Crippen molar-refractivity contribution >= 4 is 10.8 Å². The van der Waals surface area contributed by atoms with E-state index >= 15 is 0 Å². The van der Waals surface area contributed by atoms with Crippen molar-refractivity contribution in [3.05, 3.63) is 181 Å². The third kappa shape index (κ3) is 5.05. The molecule has 0 unspecified atom stereocenters. The Bertz CT molecular complexity index is 2440. The molecule has 9 rings (SSSR count). The first-order valence-electron chi connectivity index (χ1n) is 16.9. The van der Waals surface area contributed by atoms with Crippen molar-refractivity contribution in [1.29, 1.82) is 0 Å². The normalized spacial score (nSPS) is 12.9. The van der Waals surface area contributed by atoms with E-state index in [0.717, 1.165) is 33.6 Å². The first-order chi connectivity index (χ1) is 24.0. The lowest BCUT2D eigenvalue weighted by Gasteiger charge is -2.22. The second kappa shape index (κ2) is 11.5. The monoisotopic (exact) mass is 626 g/mol. The molecule has 2 heteroatoms. The lowest BCUT2D eigenvalue weighted by molar-refractivity contribution is 0.661. The second-order valence-corrected chi connectivity index (χ2v) is 13.5. The third-order valence-corrected chi connectivity index (χ3v) is 10.1. The van der Waals surface area contributed by atoms with Gasteiger partial charge in [0.05, 0.1) is 11.4 Å². The highest BCUT2D eigenvalue weighted by Gasteiger charge is 2.37. The summed E-state index contributed by atoms with van der Waals surface area (Å²) in [6, 6.07) is 60.7. The minimum Gasteiger partial charge on any atom is -0.228 e. The zero-order chi connectivity index (χ0) is 33.0. The molecule has 49 heavy (non-hydrogen) atoms. The number of nitrogens with zero attached hydrogens (tertiary/aromatic N) is 2. The van der Waals surface area contributed by atoms with Gasteiger partial charge in [-0.05, 0) is 79.5 Å². The summed E-state index contributed by atoms with van der Waals surface area (Å²) in [5, 5.41) is 2.57. The molecule has 232 valence electrons. The highest BCUT2D eigenvalue weighted by molar-refractivity contribution is 5.99. The molecule has 1 heterocycles. The van der Waals surface area contributed by atoms with Crippen molar-refractivity contribution in [3.8, 4) is 67.3 Å². The fourth-order valence-corrected chi connectivity index (χ4v) is 7.48. The number of fused-ring (bicyclic) bond motifs is 4. The first-order valence-corrected chi connectivity index (χ1v) is 16.9. The fourth-order valence-electron chi connectivity index (χ4n) is 7.48. The molecule has 1 aromatic heterocycles. The molecule has 0 bridgehead atoms. The second-order valence-electron chi connectivity index (χ2n) is 13.5. The van der Waals surface area contributed by atoms with Gasteiger partial charge in [-0.25, -0.2) is 9.97 Å². The molecule has 0 radical (unpaired) electrons. The molecule has 0 amide bonds. The van der Waals surface area contributed by atoms with Gasteiger partial charge in [-0.3, -0.25) is 0 Å². The molecule has 1 aliphatic rings. The summed E-state index contributed by atoms with van der Waals surface area (Å²) in [5.74, 6) is 0.717. The molecular weight excluding hydrogens is 593 g/mol. The molecule has 0 aliphatic heterocycles. The van der Waals surface area contributed by atoms with Crippen LogP contribution in [0.15, 0.2) is 170 Å². The number of rotatable bonds is 5. The van der Waals surface area contributed by atoms with Gasteiger partial charge in [-0.2, -0.15) is 0 Å². The average Bonchev–Trinajstić information content (AvgIpc) is 3.39. The minimum absolute atomic E-state index is 0.0710. The average molecular weight is 627 g/mol. The molecule has 0 saturated carbocycles. The van der Waals surface area contributed by atoms with Crippen LogP contribution in [-0.2, 0) is 5.41 Å². The van der Waals surface area contributed by atoms with Crippen LogP contribution in [0.25, 0.3) is 78.1 Å². The Morgan fingerprint density at radius 3 is 1.59 bits per heavy atom. The maximum atomic E-state index is 5.03. The Labute approximate surface area is 287 Å². The van der Waals surface area contributed by atoms with Crippen molar-refractivity contribution in [3.63, 3.8) is 0 Å². The lowest BCUT2D eigenvalue weighted by Crippen LogP contribution is -2.14. The predicted molar refractivity (Wildman–Crippen MR) is 204 cm³/mol. The fraction of sp³-hybridized carbons (Fsp3) is 0.0638. The smallest absolute Gasteiger partial charge is 0.160 e. The summed E-state index contributed by atoms with van der Waals surface area (Å²) >= 11 is 0. The van der Waals surface area contributed by atoms with Crippen LogP contribution >= 0.6 is 0 Å². The van der Waals surface area contributed by atoms with Crippen molar-refractivity contribution in [1.82, 2.24) is 9.97 Å². The lowest BCUT2D eigenvalue weighted by atomic mass is 9.81. The topological polar surface area (TPSA) is 25.8 Å². The van der Waals surface area contributed by atoms with Crippen LogP contribution < -0.4 is 0 Å². The Morgan fingerprint density at radius 2 is 0.918 bits per heavy atom. The molecule has 0 saturated heterocycles. The molecule has 8 aromatic rings. The van der Waals surface area contributed by atoms with E-state index in [9.17, 15) is 0 Å². The van der Waals surface area contributed by atoms with Crippen molar-refractivity contribution in [2.75, 3.05) is 0 Å². The Kier molecular flexibility index (Phi) is 6.84. The van der Waals surface area contributed by atoms with Gasteiger partial charge in [-0.1, -0.05) is 159 Å². The number of hydrogen-bond donors (Lipinski definition) is 0. The van der Waals surface area contributed by atoms with Crippen LogP contribution in [0.5, 0.6) is 0 Å². The van der Waals surface area contributed by atoms with Crippen LogP contribution in [0, 0.1) is 0 Å².